The Kier molecular flexibility index (Phi) is 8.02. The molecule has 1 unspecified atom stereocenters. The van der Waals surface area contributed by atoms with Crippen LogP contribution in [0.15, 0.2) is 194 Å². The Morgan fingerprint density at radius 1 is 0.381 bits per heavy atom. The molecule has 1 saturated carbocycles. The van der Waals surface area contributed by atoms with E-state index in [-0.39, 0.29) is 5.41 Å². The van der Waals surface area contributed by atoms with Gasteiger partial charge in [-0.1, -0.05) is 197 Å². The highest BCUT2D eigenvalue weighted by Gasteiger charge is 2.52. The molecular formula is C62H49N. The average Bonchev–Trinajstić information content (AvgIpc) is 3.90. The van der Waals surface area contributed by atoms with Crippen LogP contribution in [0, 0.1) is 0 Å². The molecule has 0 amide bonds. The van der Waals surface area contributed by atoms with Gasteiger partial charge in [0, 0.05) is 22.4 Å². The molecule has 4 aliphatic carbocycles. The smallest absolute Gasteiger partial charge is 0.0726 e. The van der Waals surface area contributed by atoms with E-state index in [1.54, 1.807) is 0 Å². The van der Waals surface area contributed by atoms with Crippen molar-refractivity contribution < 1.29 is 0 Å². The third-order valence-electron chi connectivity index (χ3n) is 15.5. The van der Waals surface area contributed by atoms with Gasteiger partial charge in [-0.25, -0.2) is 0 Å². The summed E-state index contributed by atoms with van der Waals surface area (Å²) in [4.78, 5) is 2.56. The van der Waals surface area contributed by atoms with E-state index in [9.17, 15) is 0 Å². The molecular weight excluding hydrogens is 759 g/mol. The van der Waals surface area contributed by atoms with Crippen molar-refractivity contribution in [2.75, 3.05) is 4.90 Å². The van der Waals surface area contributed by atoms with E-state index in [1.165, 1.54) is 138 Å². The summed E-state index contributed by atoms with van der Waals surface area (Å²) in [6.07, 6.45) is 6.57. The van der Waals surface area contributed by atoms with E-state index in [0.29, 0.717) is 5.92 Å². The standard InChI is InChI=1S/C62H49N/c1-61(2)54-27-12-8-22-47(54)50-35-32-43(38-57(50)61)63(60-30-15-11-25-53(60)46-26-16-20-41-19-6-7-21-45(41)46)44-33-36-52-49-24-10-14-29-56(49)62(59(52)39-44)55-28-13-9-23-48(55)51-34-31-42(37-58(51)62)40-17-4-3-5-18-40/h6-16,19-40H,3-5,17-18H2,1-2H3. The van der Waals surface area contributed by atoms with Crippen LogP contribution in [0.3, 0.4) is 0 Å². The number of rotatable bonds is 5. The maximum Gasteiger partial charge on any atom is 0.0726 e. The molecule has 1 fully saturated rings. The van der Waals surface area contributed by atoms with E-state index >= 15 is 0 Å². The van der Waals surface area contributed by atoms with Gasteiger partial charge in [-0.05, 0) is 138 Å². The van der Waals surface area contributed by atoms with Crippen LogP contribution >= 0.6 is 0 Å². The summed E-state index contributed by atoms with van der Waals surface area (Å²) in [5.41, 5.74) is 23.3. The molecule has 0 aliphatic heterocycles. The summed E-state index contributed by atoms with van der Waals surface area (Å²) in [6, 6.07) is 74.3. The molecule has 0 bridgehead atoms. The minimum absolute atomic E-state index is 0.139. The van der Waals surface area contributed by atoms with Crippen LogP contribution in [0.1, 0.15) is 90.8 Å². The third kappa shape index (κ3) is 5.17. The molecule has 63 heavy (non-hydrogen) atoms. The SMILES string of the molecule is CC1(C)c2ccccc2-c2ccc(N(c3ccc4c(c3)C3(c5ccccc5-c5ccc(C6CCCCC6)cc53)c3ccccc3-4)c3ccccc3-c3cccc4ccccc34)cc21. The summed E-state index contributed by atoms with van der Waals surface area (Å²) in [7, 11) is 0. The fourth-order valence-corrected chi connectivity index (χ4v) is 12.6. The lowest BCUT2D eigenvalue weighted by Gasteiger charge is -2.34. The molecule has 4 aliphatic rings. The van der Waals surface area contributed by atoms with Crippen LogP contribution in [-0.4, -0.2) is 0 Å². The van der Waals surface area contributed by atoms with Gasteiger partial charge < -0.3 is 4.90 Å². The first kappa shape index (κ1) is 36.7. The van der Waals surface area contributed by atoms with Crippen molar-refractivity contribution in [3.05, 3.63) is 233 Å². The van der Waals surface area contributed by atoms with Gasteiger partial charge in [0.1, 0.15) is 0 Å². The first-order valence-electron chi connectivity index (χ1n) is 23.1. The fourth-order valence-electron chi connectivity index (χ4n) is 12.6. The summed E-state index contributed by atoms with van der Waals surface area (Å²) in [5, 5.41) is 2.51. The molecule has 0 aromatic heterocycles. The lowest BCUT2D eigenvalue weighted by molar-refractivity contribution is 0.443. The maximum atomic E-state index is 2.64. The number of nitrogens with zero attached hydrogens (tertiary/aromatic N) is 1. The van der Waals surface area contributed by atoms with Gasteiger partial charge in [-0.3, -0.25) is 0 Å². The van der Waals surface area contributed by atoms with Gasteiger partial charge in [-0.15, -0.1) is 0 Å². The lowest BCUT2D eigenvalue weighted by atomic mass is 9.69. The second-order valence-corrected chi connectivity index (χ2v) is 19.0. The number of para-hydroxylation sites is 1. The van der Waals surface area contributed by atoms with Crippen molar-refractivity contribution >= 4 is 27.8 Å². The highest BCUT2D eigenvalue weighted by atomic mass is 15.1. The normalized spacial score (nSPS) is 17.5. The highest BCUT2D eigenvalue weighted by molar-refractivity contribution is 6.02. The molecule has 302 valence electrons. The van der Waals surface area contributed by atoms with Crippen molar-refractivity contribution in [3.8, 4) is 44.5 Å². The zero-order valence-electron chi connectivity index (χ0n) is 36.0. The molecule has 1 spiro atoms. The number of benzene rings is 9. The van der Waals surface area contributed by atoms with E-state index in [2.05, 4.69) is 213 Å². The van der Waals surface area contributed by atoms with E-state index in [0.717, 1.165) is 5.69 Å². The first-order chi connectivity index (χ1) is 31.0. The third-order valence-corrected chi connectivity index (χ3v) is 15.5. The molecule has 0 radical (unpaired) electrons. The molecule has 1 heteroatoms. The minimum atomic E-state index is -0.444. The predicted molar refractivity (Wildman–Crippen MR) is 264 cm³/mol. The summed E-state index contributed by atoms with van der Waals surface area (Å²) >= 11 is 0. The summed E-state index contributed by atoms with van der Waals surface area (Å²) in [5.74, 6) is 0.614. The van der Waals surface area contributed by atoms with Crippen molar-refractivity contribution in [3.63, 3.8) is 0 Å². The lowest BCUT2D eigenvalue weighted by Crippen LogP contribution is -2.26. The van der Waals surface area contributed by atoms with Crippen LogP contribution in [0.5, 0.6) is 0 Å². The molecule has 9 aromatic carbocycles. The average molecular weight is 808 g/mol. The molecule has 9 aromatic rings. The van der Waals surface area contributed by atoms with Crippen LogP contribution < -0.4 is 4.90 Å². The van der Waals surface area contributed by atoms with Gasteiger partial charge in [-0.2, -0.15) is 0 Å². The quantitative estimate of drug-likeness (QED) is 0.167. The van der Waals surface area contributed by atoms with Gasteiger partial charge >= 0.3 is 0 Å². The largest absolute Gasteiger partial charge is 0.310 e. The van der Waals surface area contributed by atoms with E-state index in [1.807, 2.05) is 0 Å². The molecule has 0 N–H and O–H groups in total. The predicted octanol–water partition coefficient (Wildman–Crippen LogP) is 16.7. The van der Waals surface area contributed by atoms with Gasteiger partial charge in [0.2, 0.25) is 0 Å². The highest BCUT2D eigenvalue weighted by Crippen LogP contribution is 2.64. The van der Waals surface area contributed by atoms with Gasteiger partial charge in [0.15, 0.2) is 0 Å². The molecule has 1 nitrogen and oxygen atoms in total. The Balaban J connectivity index is 1.08. The zero-order valence-corrected chi connectivity index (χ0v) is 36.0. The monoisotopic (exact) mass is 807 g/mol. The Bertz CT molecular complexity index is 3310. The zero-order chi connectivity index (χ0) is 41.9. The molecule has 13 rings (SSSR count). The van der Waals surface area contributed by atoms with Crippen LogP contribution in [-0.2, 0) is 10.8 Å². The molecule has 0 heterocycles. The Hall–Kier alpha value is -6.96. The minimum Gasteiger partial charge on any atom is -0.310 e. The fraction of sp³-hybridized carbons (Fsp3) is 0.161. The summed E-state index contributed by atoms with van der Waals surface area (Å²) in [6.45, 7) is 4.78. The van der Waals surface area contributed by atoms with Gasteiger partial charge in [0.05, 0.1) is 11.1 Å². The Morgan fingerprint density at radius 3 is 1.59 bits per heavy atom. The first-order valence-corrected chi connectivity index (χ1v) is 23.1. The van der Waals surface area contributed by atoms with E-state index in [4.69, 9.17) is 0 Å². The van der Waals surface area contributed by atoms with Crippen molar-refractivity contribution in [2.45, 2.75) is 62.7 Å². The second kappa shape index (κ2) is 13.8. The van der Waals surface area contributed by atoms with Crippen molar-refractivity contribution in [1.29, 1.82) is 0 Å². The summed E-state index contributed by atoms with van der Waals surface area (Å²) < 4.78 is 0. The van der Waals surface area contributed by atoms with Crippen LogP contribution in [0.2, 0.25) is 0 Å². The Labute approximate surface area is 371 Å². The van der Waals surface area contributed by atoms with Crippen molar-refractivity contribution in [2.24, 2.45) is 0 Å². The molecule has 1 atom stereocenters. The maximum absolute atomic E-state index is 2.64. The van der Waals surface area contributed by atoms with Crippen LogP contribution in [0.25, 0.3) is 55.3 Å². The number of hydrogen-bond acceptors (Lipinski definition) is 1. The second-order valence-electron chi connectivity index (χ2n) is 19.0. The van der Waals surface area contributed by atoms with Crippen molar-refractivity contribution in [1.82, 2.24) is 0 Å². The number of hydrogen-bond donors (Lipinski definition) is 0. The number of fused-ring (bicyclic) bond motifs is 14. The van der Waals surface area contributed by atoms with Gasteiger partial charge in [0.25, 0.3) is 0 Å². The molecule has 0 saturated heterocycles. The number of anilines is 3. The van der Waals surface area contributed by atoms with Crippen LogP contribution in [0.4, 0.5) is 17.1 Å². The van der Waals surface area contributed by atoms with E-state index < -0.39 is 5.41 Å². The topological polar surface area (TPSA) is 3.24 Å². The Morgan fingerprint density at radius 2 is 0.873 bits per heavy atom.